The Morgan fingerprint density at radius 3 is 2.50 bits per heavy atom. The van der Waals surface area contributed by atoms with Gasteiger partial charge < -0.3 is 10.6 Å². The molecule has 1 rings (SSSR count). The third kappa shape index (κ3) is 2.81. The summed E-state index contributed by atoms with van der Waals surface area (Å²) in [6, 6.07) is 0.484. The number of nitrogens with two attached hydrogens (primary N) is 1. The third-order valence-corrected chi connectivity index (χ3v) is 2.39. The molecule has 0 bridgehead atoms. The predicted molar refractivity (Wildman–Crippen MR) is 52.4 cm³/mol. The van der Waals surface area contributed by atoms with Crippen LogP contribution in [0.15, 0.2) is 4.99 Å². The summed E-state index contributed by atoms with van der Waals surface area (Å²) in [5.41, 5.74) is 5.53. The average molecular weight is 169 g/mol. The Bertz CT molecular complexity index is 153. The van der Waals surface area contributed by atoms with E-state index in [0.29, 0.717) is 6.04 Å². The molecular formula is C9H19N3. The number of hydrogen-bond acceptors (Lipinski definition) is 2. The van der Waals surface area contributed by atoms with Crippen LogP contribution in [0.3, 0.4) is 0 Å². The molecule has 1 fully saturated rings. The molecule has 0 unspecified atom stereocenters. The van der Waals surface area contributed by atoms with E-state index in [9.17, 15) is 0 Å². The van der Waals surface area contributed by atoms with E-state index in [1.54, 1.807) is 0 Å². The zero-order valence-corrected chi connectivity index (χ0v) is 8.08. The highest BCUT2D eigenvalue weighted by Crippen LogP contribution is 2.12. The van der Waals surface area contributed by atoms with Gasteiger partial charge in [-0.2, -0.15) is 0 Å². The molecule has 3 nitrogen and oxygen atoms in total. The number of aliphatic imine (C=N–C) groups is 1. The molecule has 0 radical (unpaired) electrons. The van der Waals surface area contributed by atoms with Crippen LogP contribution >= 0.6 is 0 Å². The number of likely N-dealkylation sites (tertiary alicyclic amines) is 1. The first-order valence-corrected chi connectivity index (χ1v) is 4.74. The lowest BCUT2D eigenvalue weighted by atomic mass is 10.1. The van der Waals surface area contributed by atoms with Gasteiger partial charge in [0.25, 0.3) is 0 Å². The molecule has 0 saturated carbocycles. The van der Waals surface area contributed by atoms with Gasteiger partial charge in [-0.3, -0.25) is 4.99 Å². The van der Waals surface area contributed by atoms with Crippen molar-refractivity contribution in [2.45, 2.75) is 32.7 Å². The number of amidine groups is 1. The topological polar surface area (TPSA) is 41.6 Å². The molecule has 1 aliphatic rings. The molecule has 0 atom stereocenters. The first-order valence-electron chi connectivity index (χ1n) is 4.74. The van der Waals surface area contributed by atoms with Crippen LogP contribution in [0, 0.1) is 0 Å². The molecule has 2 N–H and O–H groups in total. The van der Waals surface area contributed by atoms with Gasteiger partial charge in [0.05, 0.1) is 11.9 Å². The lowest BCUT2D eigenvalue weighted by molar-refractivity contribution is 0.224. The maximum absolute atomic E-state index is 5.53. The van der Waals surface area contributed by atoms with E-state index in [2.05, 4.69) is 16.8 Å². The Hall–Kier alpha value is -0.570. The SMILES string of the molecule is CCN1CCC(N=C(C)N)CC1. The minimum atomic E-state index is 0.484. The molecule has 0 aromatic heterocycles. The van der Waals surface area contributed by atoms with Crippen molar-refractivity contribution in [2.24, 2.45) is 10.7 Å². The van der Waals surface area contributed by atoms with Crippen molar-refractivity contribution < 1.29 is 0 Å². The van der Waals surface area contributed by atoms with E-state index < -0.39 is 0 Å². The molecule has 12 heavy (non-hydrogen) atoms. The molecule has 70 valence electrons. The standard InChI is InChI=1S/C9H19N3/c1-3-12-6-4-9(5-7-12)11-8(2)10/h9H,3-7H2,1-2H3,(H2,10,11). The maximum Gasteiger partial charge on any atom is 0.0909 e. The Kier molecular flexibility index (Phi) is 3.53. The highest BCUT2D eigenvalue weighted by atomic mass is 15.1. The summed E-state index contributed by atoms with van der Waals surface area (Å²) in [6.45, 7) is 7.60. The highest BCUT2D eigenvalue weighted by Gasteiger charge is 2.16. The molecule has 1 heterocycles. The van der Waals surface area contributed by atoms with Crippen molar-refractivity contribution in [3.05, 3.63) is 0 Å². The second-order valence-electron chi connectivity index (χ2n) is 3.44. The fourth-order valence-corrected chi connectivity index (χ4v) is 1.65. The van der Waals surface area contributed by atoms with Crippen molar-refractivity contribution in [1.82, 2.24) is 4.90 Å². The van der Waals surface area contributed by atoms with Gasteiger partial charge in [0.1, 0.15) is 0 Å². The van der Waals surface area contributed by atoms with Gasteiger partial charge in [0, 0.05) is 13.1 Å². The molecule has 0 aromatic carbocycles. The van der Waals surface area contributed by atoms with Gasteiger partial charge in [-0.1, -0.05) is 6.92 Å². The molecule has 0 spiro atoms. The lowest BCUT2D eigenvalue weighted by Crippen LogP contribution is -2.35. The van der Waals surface area contributed by atoms with Crippen LogP contribution in [0.2, 0.25) is 0 Å². The van der Waals surface area contributed by atoms with Gasteiger partial charge in [-0.15, -0.1) is 0 Å². The number of nitrogens with zero attached hydrogens (tertiary/aromatic N) is 2. The molecule has 3 heteroatoms. The van der Waals surface area contributed by atoms with Crippen molar-refractivity contribution in [3.8, 4) is 0 Å². The molecule has 1 saturated heterocycles. The molecule has 0 aromatic rings. The fraction of sp³-hybridized carbons (Fsp3) is 0.889. The summed E-state index contributed by atoms with van der Waals surface area (Å²) in [6.07, 6.45) is 2.34. The largest absolute Gasteiger partial charge is 0.388 e. The van der Waals surface area contributed by atoms with E-state index >= 15 is 0 Å². The van der Waals surface area contributed by atoms with E-state index in [0.717, 1.165) is 12.4 Å². The third-order valence-electron chi connectivity index (χ3n) is 2.39. The lowest BCUT2D eigenvalue weighted by Gasteiger charge is -2.28. The number of hydrogen-bond donors (Lipinski definition) is 1. The summed E-state index contributed by atoms with van der Waals surface area (Å²) in [7, 11) is 0. The highest BCUT2D eigenvalue weighted by molar-refractivity contribution is 5.77. The van der Waals surface area contributed by atoms with Crippen LogP contribution in [0.4, 0.5) is 0 Å². The molecular weight excluding hydrogens is 150 g/mol. The Morgan fingerprint density at radius 2 is 2.08 bits per heavy atom. The van der Waals surface area contributed by atoms with Gasteiger partial charge in [0.15, 0.2) is 0 Å². The zero-order valence-electron chi connectivity index (χ0n) is 8.08. The predicted octanol–water partition coefficient (Wildman–Crippen LogP) is 0.848. The van der Waals surface area contributed by atoms with Crippen LogP contribution in [-0.2, 0) is 0 Å². The Balaban J connectivity index is 2.31. The Morgan fingerprint density at radius 1 is 1.50 bits per heavy atom. The van der Waals surface area contributed by atoms with Crippen molar-refractivity contribution in [2.75, 3.05) is 19.6 Å². The fourth-order valence-electron chi connectivity index (χ4n) is 1.65. The molecule has 1 aliphatic heterocycles. The minimum Gasteiger partial charge on any atom is -0.388 e. The van der Waals surface area contributed by atoms with Gasteiger partial charge in [-0.05, 0) is 26.3 Å². The van der Waals surface area contributed by atoms with Crippen LogP contribution < -0.4 is 5.73 Å². The first kappa shape index (κ1) is 9.52. The van der Waals surface area contributed by atoms with Gasteiger partial charge in [-0.25, -0.2) is 0 Å². The molecule has 0 amide bonds. The average Bonchev–Trinajstić information content (AvgIpc) is 2.05. The van der Waals surface area contributed by atoms with E-state index in [4.69, 9.17) is 5.73 Å². The Labute approximate surface area is 74.6 Å². The summed E-state index contributed by atoms with van der Waals surface area (Å²) in [5, 5.41) is 0. The van der Waals surface area contributed by atoms with Crippen LogP contribution in [0.25, 0.3) is 0 Å². The van der Waals surface area contributed by atoms with Crippen molar-refractivity contribution in [1.29, 1.82) is 0 Å². The minimum absolute atomic E-state index is 0.484. The second-order valence-corrected chi connectivity index (χ2v) is 3.44. The number of piperidine rings is 1. The van der Waals surface area contributed by atoms with Gasteiger partial charge in [0.2, 0.25) is 0 Å². The number of rotatable bonds is 2. The van der Waals surface area contributed by atoms with E-state index in [-0.39, 0.29) is 0 Å². The normalized spacial score (nSPS) is 23.0. The first-order chi connectivity index (χ1) is 5.72. The maximum atomic E-state index is 5.53. The van der Waals surface area contributed by atoms with E-state index in [1.165, 1.54) is 25.9 Å². The smallest absolute Gasteiger partial charge is 0.0909 e. The summed E-state index contributed by atoms with van der Waals surface area (Å²) < 4.78 is 0. The summed E-state index contributed by atoms with van der Waals surface area (Å²) in [4.78, 5) is 6.83. The van der Waals surface area contributed by atoms with E-state index in [1.807, 2.05) is 6.92 Å². The van der Waals surface area contributed by atoms with Crippen LogP contribution in [0.5, 0.6) is 0 Å². The zero-order chi connectivity index (χ0) is 8.97. The monoisotopic (exact) mass is 169 g/mol. The van der Waals surface area contributed by atoms with Crippen LogP contribution in [0.1, 0.15) is 26.7 Å². The van der Waals surface area contributed by atoms with Gasteiger partial charge >= 0.3 is 0 Å². The summed E-state index contributed by atoms with van der Waals surface area (Å²) in [5.74, 6) is 0.727. The van der Waals surface area contributed by atoms with Crippen LogP contribution in [-0.4, -0.2) is 36.4 Å². The van der Waals surface area contributed by atoms with Crippen molar-refractivity contribution in [3.63, 3.8) is 0 Å². The second kappa shape index (κ2) is 4.45. The van der Waals surface area contributed by atoms with Crippen molar-refractivity contribution >= 4 is 5.84 Å². The molecule has 0 aliphatic carbocycles. The quantitative estimate of drug-likeness (QED) is 0.492. The summed E-state index contributed by atoms with van der Waals surface area (Å²) >= 11 is 0.